The fourth-order valence-corrected chi connectivity index (χ4v) is 3.39. The quantitative estimate of drug-likeness (QED) is 0.801. The Kier molecular flexibility index (Phi) is 3.81. The predicted molar refractivity (Wildman–Crippen MR) is 69.6 cm³/mol. The summed E-state index contributed by atoms with van der Waals surface area (Å²) in [6.07, 6.45) is 3.76. The summed E-state index contributed by atoms with van der Waals surface area (Å²) in [5.74, 6) is 3.37. The topological polar surface area (TPSA) is 26.0 Å². The lowest BCUT2D eigenvalue weighted by Gasteiger charge is -2.22. The van der Waals surface area contributed by atoms with Crippen LogP contribution in [0.25, 0.3) is 0 Å². The van der Waals surface area contributed by atoms with Crippen LogP contribution in [-0.4, -0.2) is 11.5 Å². The van der Waals surface area contributed by atoms with E-state index in [0.29, 0.717) is 5.02 Å². The molecule has 1 aromatic rings. The molecule has 0 amide bonds. The number of rotatable bonds is 2. The van der Waals surface area contributed by atoms with E-state index in [0.717, 1.165) is 18.0 Å². The zero-order valence-electron chi connectivity index (χ0n) is 8.71. The second-order valence-electron chi connectivity index (χ2n) is 4.10. The minimum absolute atomic E-state index is 0.691. The van der Waals surface area contributed by atoms with Crippen molar-refractivity contribution in [2.24, 2.45) is 5.92 Å². The van der Waals surface area contributed by atoms with E-state index in [4.69, 9.17) is 17.3 Å². The molecule has 2 N–H and O–H groups in total. The molecule has 1 fully saturated rings. The Morgan fingerprint density at radius 2 is 2.33 bits per heavy atom. The number of hydrogen-bond acceptors (Lipinski definition) is 2. The number of nitrogens with two attached hydrogens (primary N) is 1. The highest BCUT2D eigenvalue weighted by Gasteiger charge is 2.15. The molecule has 1 nitrogen and oxygen atoms in total. The number of nitrogen functional groups attached to an aromatic ring is 1. The normalized spacial score (nSPS) is 21.5. The molecule has 82 valence electrons. The molecule has 1 heterocycles. The van der Waals surface area contributed by atoms with Gasteiger partial charge in [0.05, 0.1) is 10.7 Å². The molecule has 15 heavy (non-hydrogen) atoms. The summed E-state index contributed by atoms with van der Waals surface area (Å²) in [7, 11) is 0. The summed E-state index contributed by atoms with van der Waals surface area (Å²) in [4.78, 5) is 0. The third-order valence-corrected chi connectivity index (χ3v) is 4.52. The number of para-hydroxylation sites is 1. The molecule has 2 rings (SSSR count). The van der Waals surface area contributed by atoms with Gasteiger partial charge < -0.3 is 5.73 Å². The zero-order chi connectivity index (χ0) is 10.7. The largest absolute Gasteiger partial charge is 0.397 e. The highest BCUT2D eigenvalue weighted by molar-refractivity contribution is 7.99. The van der Waals surface area contributed by atoms with E-state index < -0.39 is 0 Å². The van der Waals surface area contributed by atoms with E-state index in [1.54, 1.807) is 0 Å². The van der Waals surface area contributed by atoms with Crippen molar-refractivity contribution in [1.29, 1.82) is 0 Å². The Labute approximate surface area is 100 Å². The molecule has 0 aliphatic carbocycles. The summed E-state index contributed by atoms with van der Waals surface area (Å²) in [6.45, 7) is 0. The minimum Gasteiger partial charge on any atom is -0.397 e. The smallest absolute Gasteiger partial charge is 0.0638 e. The lowest BCUT2D eigenvalue weighted by molar-refractivity contribution is 0.522. The number of halogens is 1. The van der Waals surface area contributed by atoms with Gasteiger partial charge in [-0.2, -0.15) is 11.8 Å². The number of hydrogen-bond donors (Lipinski definition) is 1. The van der Waals surface area contributed by atoms with Gasteiger partial charge in [-0.25, -0.2) is 0 Å². The van der Waals surface area contributed by atoms with Crippen molar-refractivity contribution in [3.05, 3.63) is 28.8 Å². The maximum atomic E-state index is 6.00. The van der Waals surface area contributed by atoms with Crippen LogP contribution in [0.15, 0.2) is 18.2 Å². The second kappa shape index (κ2) is 5.13. The third kappa shape index (κ3) is 2.82. The summed E-state index contributed by atoms with van der Waals surface area (Å²) in [5.41, 5.74) is 7.95. The Hall–Kier alpha value is -0.340. The Balaban J connectivity index is 2.06. The molecule has 3 heteroatoms. The minimum atomic E-state index is 0.691. The van der Waals surface area contributed by atoms with Gasteiger partial charge in [0.1, 0.15) is 0 Å². The van der Waals surface area contributed by atoms with Crippen LogP contribution < -0.4 is 5.73 Å². The maximum absolute atomic E-state index is 6.00. The van der Waals surface area contributed by atoms with Crippen molar-refractivity contribution in [2.75, 3.05) is 17.2 Å². The second-order valence-corrected chi connectivity index (χ2v) is 5.66. The van der Waals surface area contributed by atoms with E-state index >= 15 is 0 Å². The van der Waals surface area contributed by atoms with E-state index in [9.17, 15) is 0 Å². The molecule has 0 bridgehead atoms. The van der Waals surface area contributed by atoms with Crippen LogP contribution in [0.4, 0.5) is 5.69 Å². The third-order valence-electron chi connectivity index (χ3n) is 2.91. The molecule has 1 aliphatic heterocycles. The van der Waals surface area contributed by atoms with Crippen molar-refractivity contribution in [1.82, 2.24) is 0 Å². The van der Waals surface area contributed by atoms with E-state index in [-0.39, 0.29) is 0 Å². The Morgan fingerprint density at radius 3 is 3.07 bits per heavy atom. The van der Waals surface area contributed by atoms with E-state index in [2.05, 4.69) is 17.8 Å². The maximum Gasteiger partial charge on any atom is 0.0638 e. The Morgan fingerprint density at radius 1 is 1.47 bits per heavy atom. The first kappa shape index (κ1) is 11.2. The fourth-order valence-electron chi connectivity index (χ4n) is 2.04. The molecule has 0 saturated carbocycles. The van der Waals surface area contributed by atoms with E-state index in [1.165, 1.54) is 29.9 Å². The van der Waals surface area contributed by atoms with Gasteiger partial charge in [-0.3, -0.25) is 0 Å². The average Bonchev–Trinajstić information content (AvgIpc) is 2.26. The molecule has 0 radical (unpaired) electrons. The SMILES string of the molecule is Nc1c(Cl)cccc1CC1CCCSC1. The lowest BCUT2D eigenvalue weighted by Crippen LogP contribution is -2.14. The summed E-state index contributed by atoms with van der Waals surface area (Å²) >= 11 is 8.06. The molecule has 0 spiro atoms. The summed E-state index contributed by atoms with van der Waals surface area (Å²) in [6, 6.07) is 5.94. The highest BCUT2D eigenvalue weighted by Crippen LogP contribution is 2.29. The van der Waals surface area contributed by atoms with Crippen LogP contribution >= 0.6 is 23.4 Å². The molecule has 1 aromatic carbocycles. The molecule has 0 aromatic heterocycles. The predicted octanol–water partition coefficient (Wildman–Crippen LogP) is 3.61. The average molecular weight is 242 g/mol. The van der Waals surface area contributed by atoms with Crippen LogP contribution in [0.1, 0.15) is 18.4 Å². The van der Waals surface area contributed by atoms with Crippen molar-refractivity contribution in [2.45, 2.75) is 19.3 Å². The van der Waals surface area contributed by atoms with Crippen molar-refractivity contribution in [3.63, 3.8) is 0 Å². The van der Waals surface area contributed by atoms with Crippen molar-refractivity contribution < 1.29 is 0 Å². The van der Waals surface area contributed by atoms with Crippen LogP contribution in [0, 0.1) is 5.92 Å². The van der Waals surface area contributed by atoms with Gasteiger partial charge in [0, 0.05) is 0 Å². The van der Waals surface area contributed by atoms with Crippen molar-refractivity contribution in [3.8, 4) is 0 Å². The van der Waals surface area contributed by atoms with Gasteiger partial charge in [-0.15, -0.1) is 0 Å². The van der Waals surface area contributed by atoms with Crippen LogP contribution in [0.3, 0.4) is 0 Å². The molecular formula is C12H16ClNS. The standard InChI is InChI=1S/C12H16ClNS/c13-11-5-1-4-10(12(11)14)7-9-3-2-6-15-8-9/h1,4-5,9H,2-3,6-8,14H2. The summed E-state index contributed by atoms with van der Waals surface area (Å²) < 4.78 is 0. The van der Waals surface area contributed by atoms with Gasteiger partial charge >= 0.3 is 0 Å². The number of anilines is 1. The molecule has 1 unspecified atom stereocenters. The van der Waals surface area contributed by atoms with Crippen LogP contribution in [0.5, 0.6) is 0 Å². The molecule has 1 saturated heterocycles. The van der Waals surface area contributed by atoms with Gasteiger partial charge in [-0.1, -0.05) is 23.7 Å². The van der Waals surface area contributed by atoms with Gasteiger partial charge in [0.15, 0.2) is 0 Å². The van der Waals surface area contributed by atoms with Gasteiger partial charge in [-0.05, 0) is 48.3 Å². The number of benzene rings is 1. The lowest BCUT2D eigenvalue weighted by atomic mass is 9.95. The summed E-state index contributed by atoms with van der Waals surface area (Å²) in [5, 5.41) is 0.691. The van der Waals surface area contributed by atoms with Crippen molar-refractivity contribution >= 4 is 29.1 Å². The van der Waals surface area contributed by atoms with Gasteiger partial charge in [0.25, 0.3) is 0 Å². The molecular weight excluding hydrogens is 226 g/mol. The molecule has 1 atom stereocenters. The molecule has 1 aliphatic rings. The number of thioether (sulfide) groups is 1. The Bertz CT molecular complexity index is 334. The highest BCUT2D eigenvalue weighted by atomic mass is 35.5. The van der Waals surface area contributed by atoms with Gasteiger partial charge in [0.2, 0.25) is 0 Å². The first-order chi connectivity index (χ1) is 7.27. The first-order valence-electron chi connectivity index (χ1n) is 5.38. The fraction of sp³-hybridized carbons (Fsp3) is 0.500. The van der Waals surface area contributed by atoms with Crippen LogP contribution in [0.2, 0.25) is 5.02 Å². The van der Waals surface area contributed by atoms with Crippen LogP contribution in [-0.2, 0) is 6.42 Å². The zero-order valence-corrected chi connectivity index (χ0v) is 10.3. The van der Waals surface area contributed by atoms with E-state index in [1.807, 2.05) is 12.1 Å². The first-order valence-corrected chi connectivity index (χ1v) is 6.91. The monoisotopic (exact) mass is 241 g/mol.